The second kappa shape index (κ2) is 9.34. The fraction of sp³-hybridized carbons (Fsp3) is 0.160. The minimum absolute atomic E-state index is 0.289. The Morgan fingerprint density at radius 2 is 1.58 bits per heavy atom. The Balaban J connectivity index is 1.82. The molecule has 1 heterocycles. The Morgan fingerprint density at radius 1 is 0.935 bits per heavy atom. The molecule has 0 saturated carbocycles. The van der Waals surface area contributed by atoms with E-state index < -0.39 is 7.37 Å². The van der Waals surface area contributed by atoms with Gasteiger partial charge in [0.15, 0.2) is 5.44 Å². The summed E-state index contributed by atoms with van der Waals surface area (Å²) in [6.07, 6.45) is 0. The Kier molecular flexibility index (Phi) is 6.36. The van der Waals surface area contributed by atoms with Crippen molar-refractivity contribution in [1.29, 1.82) is 0 Å². The maximum atomic E-state index is 14.2. The smallest absolute Gasteiger partial charge is 0.284 e. The molecule has 0 aliphatic carbocycles. The van der Waals surface area contributed by atoms with Gasteiger partial charge in [0.25, 0.3) is 7.37 Å². The maximum Gasteiger partial charge on any atom is 0.284 e. The molecule has 0 spiro atoms. The standard InChI is InChI=1S/C25H25N2O3P/c1-3-29-31(28,21-15-8-5-9-16-21)25-24(26-18-20-13-6-4-7-14-20)30-23(27-25)22-17-11-10-12-19(22)2/h4-17,26H,3,18H2,1-2H3/t31-/m1/s1. The van der Waals surface area contributed by atoms with Gasteiger partial charge in [-0.2, -0.15) is 0 Å². The normalized spacial score (nSPS) is 13.0. The van der Waals surface area contributed by atoms with Gasteiger partial charge in [0.1, 0.15) is 0 Å². The van der Waals surface area contributed by atoms with Crippen molar-refractivity contribution < 1.29 is 13.5 Å². The molecule has 0 amide bonds. The van der Waals surface area contributed by atoms with Crippen LogP contribution in [0.2, 0.25) is 0 Å². The molecule has 1 N–H and O–H groups in total. The lowest BCUT2D eigenvalue weighted by atomic mass is 10.1. The molecule has 0 aliphatic rings. The molecule has 0 unspecified atom stereocenters. The first-order chi connectivity index (χ1) is 15.1. The van der Waals surface area contributed by atoms with Gasteiger partial charge in [0.05, 0.1) is 6.61 Å². The summed E-state index contributed by atoms with van der Waals surface area (Å²) in [7, 11) is -3.47. The molecule has 0 aliphatic heterocycles. The first kappa shape index (κ1) is 21.1. The summed E-state index contributed by atoms with van der Waals surface area (Å²) in [5, 5.41) is 3.88. The lowest BCUT2D eigenvalue weighted by Gasteiger charge is -2.17. The van der Waals surface area contributed by atoms with Crippen LogP contribution in [-0.2, 0) is 15.6 Å². The van der Waals surface area contributed by atoms with E-state index in [1.807, 2.05) is 86.6 Å². The van der Waals surface area contributed by atoms with Crippen LogP contribution in [0.1, 0.15) is 18.1 Å². The monoisotopic (exact) mass is 432 g/mol. The average molecular weight is 432 g/mol. The molecule has 3 aromatic carbocycles. The summed E-state index contributed by atoms with van der Waals surface area (Å²) in [5.74, 6) is 0.780. The first-order valence-electron chi connectivity index (χ1n) is 10.3. The highest BCUT2D eigenvalue weighted by Gasteiger charge is 2.36. The van der Waals surface area contributed by atoms with Crippen molar-refractivity contribution in [3.63, 3.8) is 0 Å². The molecule has 4 rings (SSSR count). The van der Waals surface area contributed by atoms with Crippen molar-refractivity contribution >= 4 is 24.0 Å². The van der Waals surface area contributed by atoms with E-state index in [-0.39, 0.29) is 6.61 Å². The van der Waals surface area contributed by atoms with Gasteiger partial charge >= 0.3 is 0 Å². The molecule has 6 heteroatoms. The van der Waals surface area contributed by atoms with Crippen LogP contribution in [0.25, 0.3) is 11.5 Å². The van der Waals surface area contributed by atoms with Crippen LogP contribution in [0, 0.1) is 6.92 Å². The van der Waals surface area contributed by atoms with Crippen LogP contribution >= 0.6 is 7.37 Å². The number of oxazole rings is 1. The van der Waals surface area contributed by atoms with Crippen molar-refractivity contribution in [2.45, 2.75) is 20.4 Å². The number of hydrogen-bond donors (Lipinski definition) is 1. The minimum atomic E-state index is -3.47. The quantitative estimate of drug-likeness (QED) is 0.371. The Bertz CT molecular complexity index is 1190. The summed E-state index contributed by atoms with van der Waals surface area (Å²) in [6, 6.07) is 27.0. The lowest BCUT2D eigenvalue weighted by molar-refractivity contribution is 0.347. The van der Waals surface area contributed by atoms with Gasteiger partial charge < -0.3 is 14.3 Å². The Labute approximate surface area is 182 Å². The number of aryl methyl sites for hydroxylation is 1. The largest absolute Gasteiger partial charge is 0.420 e. The molecule has 1 aromatic heterocycles. The van der Waals surface area contributed by atoms with E-state index in [4.69, 9.17) is 13.9 Å². The maximum absolute atomic E-state index is 14.2. The van der Waals surface area contributed by atoms with Crippen LogP contribution in [0.3, 0.4) is 0 Å². The number of aromatic nitrogens is 1. The van der Waals surface area contributed by atoms with Gasteiger partial charge in [-0.25, -0.2) is 4.98 Å². The topological polar surface area (TPSA) is 64.4 Å². The first-order valence-corrected chi connectivity index (χ1v) is 11.9. The van der Waals surface area contributed by atoms with Crippen LogP contribution < -0.4 is 16.1 Å². The third kappa shape index (κ3) is 4.48. The lowest BCUT2D eigenvalue weighted by Crippen LogP contribution is -2.22. The summed E-state index contributed by atoms with van der Waals surface area (Å²) in [6.45, 7) is 4.62. The van der Waals surface area contributed by atoms with Crippen molar-refractivity contribution in [2.75, 3.05) is 11.9 Å². The highest BCUT2D eigenvalue weighted by Crippen LogP contribution is 2.47. The van der Waals surface area contributed by atoms with E-state index in [0.717, 1.165) is 16.7 Å². The molecule has 0 radical (unpaired) electrons. The van der Waals surface area contributed by atoms with Gasteiger partial charge in [-0.15, -0.1) is 0 Å². The number of anilines is 1. The Morgan fingerprint density at radius 3 is 2.26 bits per heavy atom. The van der Waals surface area contributed by atoms with Crippen LogP contribution in [0.5, 0.6) is 0 Å². The van der Waals surface area contributed by atoms with E-state index in [0.29, 0.717) is 29.1 Å². The van der Waals surface area contributed by atoms with Gasteiger partial charge in [0.2, 0.25) is 11.8 Å². The molecule has 4 aromatic rings. The SMILES string of the molecule is CCO[P@](=O)(c1ccccc1)c1nc(-c2ccccc2C)oc1NCc1ccccc1. The average Bonchev–Trinajstić information content (AvgIpc) is 3.24. The number of hydrogen-bond acceptors (Lipinski definition) is 5. The zero-order chi connectivity index (χ0) is 21.7. The molecular formula is C25H25N2O3P. The van der Waals surface area contributed by atoms with E-state index in [9.17, 15) is 4.57 Å². The molecular weight excluding hydrogens is 407 g/mol. The third-order valence-electron chi connectivity index (χ3n) is 4.97. The van der Waals surface area contributed by atoms with E-state index in [2.05, 4.69) is 5.32 Å². The Hall–Kier alpha value is -3.14. The van der Waals surface area contributed by atoms with Crippen molar-refractivity contribution in [1.82, 2.24) is 4.98 Å². The van der Waals surface area contributed by atoms with Gasteiger partial charge in [0, 0.05) is 17.4 Å². The number of nitrogens with zero attached hydrogens (tertiary/aromatic N) is 1. The number of nitrogens with one attached hydrogen (secondary N) is 1. The minimum Gasteiger partial charge on any atom is -0.420 e. The molecule has 158 valence electrons. The van der Waals surface area contributed by atoms with Crippen LogP contribution in [-0.4, -0.2) is 11.6 Å². The van der Waals surface area contributed by atoms with Gasteiger partial charge in [-0.05, 0) is 43.2 Å². The van der Waals surface area contributed by atoms with E-state index >= 15 is 0 Å². The van der Waals surface area contributed by atoms with E-state index in [1.165, 1.54) is 0 Å². The fourth-order valence-electron chi connectivity index (χ4n) is 3.40. The third-order valence-corrected chi connectivity index (χ3v) is 7.43. The van der Waals surface area contributed by atoms with Crippen molar-refractivity contribution in [2.24, 2.45) is 0 Å². The zero-order valence-electron chi connectivity index (χ0n) is 17.6. The predicted octanol–water partition coefficient (Wildman–Crippen LogP) is 5.53. The molecule has 5 nitrogen and oxygen atoms in total. The fourth-order valence-corrected chi connectivity index (χ4v) is 5.46. The summed E-state index contributed by atoms with van der Waals surface area (Å²) >= 11 is 0. The molecule has 0 fully saturated rings. The van der Waals surface area contributed by atoms with Crippen molar-refractivity contribution in [3.8, 4) is 11.5 Å². The predicted molar refractivity (Wildman–Crippen MR) is 125 cm³/mol. The summed E-state index contributed by atoms with van der Waals surface area (Å²) in [5.41, 5.74) is 3.26. The van der Waals surface area contributed by atoms with E-state index in [1.54, 1.807) is 12.1 Å². The number of benzene rings is 3. The summed E-state index contributed by atoms with van der Waals surface area (Å²) in [4.78, 5) is 4.70. The zero-order valence-corrected chi connectivity index (χ0v) is 18.5. The molecule has 0 saturated heterocycles. The molecule has 31 heavy (non-hydrogen) atoms. The van der Waals surface area contributed by atoms with Crippen LogP contribution in [0.4, 0.5) is 5.88 Å². The second-order valence-electron chi connectivity index (χ2n) is 7.13. The van der Waals surface area contributed by atoms with Gasteiger partial charge in [-0.3, -0.25) is 4.57 Å². The second-order valence-corrected chi connectivity index (χ2v) is 9.43. The molecule has 0 bridgehead atoms. The van der Waals surface area contributed by atoms with Crippen molar-refractivity contribution in [3.05, 3.63) is 96.1 Å². The highest BCUT2D eigenvalue weighted by molar-refractivity contribution is 7.74. The van der Waals surface area contributed by atoms with Gasteiger partial charge in [-0.1, -0.05) is 66.7 Å². The molecule has 1 atom stereocenters. The van der Waals surface area contributed by atoms with Crippen LogP contribution in [0.15, 0.2) is 89.3 Å². The highest BCUT2D eigenvalue weighted by atomic mass is 31.2. The summed E-state index contributed by atoms with van der Waals surface area (Å²) < 4.78 is 26.2. The number of rotatable bonds is 8.